The Morgan fingerprint density at radius 2 is 1.62 bits per heavy atom. The molecule has 0 radical (unpaired) electrons. The number of non-ortho nitro benzene ring substituents is 1. The number of halogens is 2. The van der Waals surface area contributed by atoms with Gasteiger partial charge < -0.3 is 4.90 Å². The van der Waals surface area contributed by atoms with Crippen LogP contribution in [0.15, 0.2) is 47.4 Å². The van der Waals surface area contributed by atoms with Gasteiger partial charge in [-0.25, -0.2) is 17.2 Å². The topological polar surface area (TPSA) is 101 Å². The Morgan fingerprint density at radius 1 is 1.00 bits per heavy atom. The largest absolute Gasteiger partial charge is 0.340 e. The summed E-state index contributed by atoms with van der Waals surface area (Å²) in [4.78, 5) is 23.7. The minimum atomic E-state index is -4.00. The molecule has 0 aliphatic carbocycles. The molecule has 2 aromatic carbocycles. The highest BCUT2D eigenvalue weighted by atomic mass is 32.2. The lowest BCUT2D eigenvalue weighted by Gasteiger charge is -2.34. The fraction of sp³-hybridized carbons (Fsp3) is 0.278. The summed E-state index contributed by atoms with van der Waals surface area (Å²) in [6, 6.07) is 8.02. The Bertz CT molecular complexity index is 1040. The van der Waals surface area contributed by atoms with Crippen LogP contribution in [0.4, 0.5) is 14.5 Å². The van der Waals surface area contributed by atoms with Gasteiger partial charge in [0.2, 0.25) is 15.9 Å². The molecule has 1 amide bonds. The van der Waals surface area contributed by atoms with Crippen LogP contribution in [0.25, 0.3) is 0 Å². The second kappa shape index (κ2) is 8.21. The van der Waals surface area contributed by atoms with E-state index in [1.54, 1.807) is 0 Å². The predicted octanol–water partition coefficient (Wildman–Crippen LogP) is 1.95. The number of amides is 1. The lowest BCUT2D eigenvalue weighted by atomic mass is 10.1. The minimum absolute atomic E-state index is 0.0212. The maximum absolute atomic E-state index is 13.4. The molecule has 2 aromatic rings. The number of nitro groups is 1. The highest BCUT2D eigenvalue weighted by Crippen LogP contribution is 2.20. The number of carbonyl (C=O) groups is 1. The molecule has 1 heterocycles. The van der Waals surface area contributed by atoms with Crippen molar-refractivity contribution in [1.82, 2.24) is 9.21 Å². The molecule has 0 saturated carbocycles. The minimum Gasteiger partial charge on any atom is -0.340 e. The van der Waals surface area contributed by atoms with Crippen molar-refractivity contribution in [3.63, 3.8) is 0 Å². The van der Waals surface area contributed by atoms with E-state index in [1.165, 1.54) is 29.2 Å². The third-order valence-electron chi connectivity index (χ3n) is 4.62. The van der Waals surface area contributed by atoms with Crippen molar-refractivity contribution >= 4 is 21.6 Å². The molecule has 11 heteroatoms. The van der Waals surface area contributed by atoms with Gasteiger partial charge in [0.05, 0.1) is 16.2 Å². The van der Waals surface area contributed by atoms with Crippen molar-refractivity contribution in [2.24, 2.45) is 0 Å². The molecule has 0 spiro atoms. The van der Waals surface area contributed by atoms with Gasteiger partial charge in [0.25, 0.3) is 5.69 Å². The molecular formula is C18H17F2N3O5S. The molecule has 1 aliphatic rings. The van der Waals surface area contributed by atoms with Crippen molar-refractivity contribution in [1.29, 1.82) is 0 Å². The Labute approximate surface area is 165 Å². The lowest BCUT2D eigenvalue weighted by molar-refractivity contribution is -0.384. The fourth-order valence-electron chi connectivity index (χ4n) is 2.99. The molecule has 0 aromatic heterocycles. The standard InChI is InChI=1S/C18H17F2N3O5S/c19-16-6-5-15(12-17(16)20)29(27,28)22-9-7-21(8-10-22)18(24)11-13-1-3-14(4-2-13)23(25)26/h1-6,12H,7-11H2. The van der Waals surface area contributed by atoms with Crippen molar-refractivity contribution in [3.8, 4) is 0 Å². The summed E-state index contributed by atoms with van der Waals surface area (Å²) in [5.41, 5.74) is 0.537. The number of nitrogens with zero attached hydrogens (tertiary/aromatic N) is 3. The van der Waals surface area contributed by atoms with E-state index in [4.69, 9.17) is 0 Å². The van der Waals surface area contributed by atoms with Crippen LogP contribution in [0, 0.1) is 21.7 Å². The highest BCUT2D eigenvalue weighted by molar-refractivity contribution is 7.89. The van der Waals surface area contributed by atoms with Crippen LogP contribution in [-0.4, -0.2) is 54.6 Å². The van der Waals surface area contributed by atoms with E-state index in [9.17, 15) is 32.1 Å². The van der Waals surface area contributed by atoms with Crippen molar-refractivity contribution < 1.29 is 26.9 Å². The molecule has 0 atom stereocenters. The smallest absolute Gasteiger partial charge is 0.269 e. The van der Waals surface area contributed by atoms with E-state index in [1.807, 2.05) is 0 Å². The number of hydrogen-bond donors (Lipinski definition) is 0. The van der Waals surface area contributed by atoms with Gasteiger partial charge in [-0.3, -0.25) is 14.9 Å². The summed E-state index contributed by atoms with van der Waals surface area (Å²) in [5.74, 6) is -2.61. The number of hydrogen-bond acceptors (Lipinski definition) is 5. The molecule has 0 unspecified atom stereocenters. The van der Waals surface area contributed by atoms with Gasteiger partial charge in [0.1, 0.15) is 0 Å². The van der Waals surface area contributed by atoms with Gasteiger partial charge in [-0.15, -0.1) is 0 Å². The molecule has 0 bridgehead atoms. The van der Waals surface area contributed by atoms with Crippen LogP contribution in [0.5, 0.6) is 0 Å². The third-order valence-corrected chi connectivity index (χ3v) is 6.52. The van der Waals surface area contributed by atoms with Gasteiger partial charge >= 0.3 is 0 Å². The highest BCUT2D eigenvalue weighted by Gasteiger charge is 2.30. The first kappa shape index (κ1) is 20.8. The molecule has 1 fully saturated rings. The van der Waals surface area contributed by atoms with Gasteiger partial charge in [0.15, 0.2) is 11.6 Å². The first-order valence-electron chi connectivity index (χ1n) is 8.65. The molecule has 1 saturated heterocycles. The number of sulfonamides is 1. The quantitative estimate of drug-likeness (QED) is 0.538. The molecule has 154 valence electrons. The van der Waals surface area contributed by atoms with Gasteiger partial charge in [-0.05, 0) is 23.8 Å². The Balaban J connectivity index is 1.61. The van der Waals surface area contributed by atoms with Crippen LogP contribution in [-0.2, 0) is 21.2 Å². The Morgan fingerprint density at radius 3 is 2.17 bits per heavy atom. The number of benzene rings is 2. The fourth-order valence-corrected chi connectivity index (χ4v) is 4.42. The van der Waals surface area contributed by atoms with Crippen molar-refractivity contribution in [2.45, 2.75) is 11.3 Å². The molecule has 1 aliphatic heterocycles. The lowest BCUT2D eigenvalue weighted by Crippen LogP contribution is -2.50. The van der Waals surface area contributed by atoms with Crippen LogP contribution in [0.1, 0.15) is 5.56 Å². The number of rotatable bonds is 5. The monoisotopic (exact) mass is 425 g/mol. The van der Waals surface area contributed by atoms with E-state index < -0.39 is 26.6 Å². The summed E-state index contributed by atoms with van der Waals surface area (Å²) >= 11 is 0. The molecule has 0 N–H and O–H groups in total. The third kappa shape index (κ3) is 4.57. The van der Waals surface area contributed by atoms with Crippen LogP contribution in [0.2, 0.25) is 0 Å². The first-order valence-corrected chi connectivity index (χ1v) is 10.1. The molecule has 29 heavy (non-hydrogen) atoms. The van der Waals surface area contributed by atoms with E-state index in [-0.39, 0.29) is 49.1 Å². The van der Waals surface area contributed by atoms with Crippen molar-refractivity contribution in [3.05, 3.63) is 69.8 Å². The second-order valence-electron chi connectivity index (χ2n) is 6.46. The van der Waals surface area contributed by atoms with E-state index in [2.05, 4.69) is 0 Å². The SMILES string of the molecule is O=C(Cc1ccc([N+](=O)[O-])cc1)N1CCN(S(=O)(=O)c2ccc(F)c(F)c2)CC1. The van der Waals surface area contributed by atoms with E-state index in [0.29, 0.717) is 11.6 Å². The normalized spacial score (nSPS) is 15.3. The molecule has 3 rings (SSSR count). The second-order valence-corrected chi connectivity index (χ2v) is 8.40. The summed E-state index contributed by atoms with van der Waals surface area (Å²) in [5, 5.41) is 10.7. The maximum atomic E-state index is 13.4. The van der Waals surface area contributed by atoms with Crippen LogP contribution < -0.4 is 0 Å². The summed E-state index contributed by atoms with van der Waals surface area (Å²) in [6.45, 7) is 0.337. The van der Waals surface area contributed by atoms with Gasteiger partial charge in [0, 0.05) is 38.3 Å². The number of piperazine rings is 1. The molecular weight excluding hydrogens is 408 g/mol. The summed E-state index contributed by atoms with van der Waals surface area (Å²) in [6.07, 6.45) is 0.0356. The van der Waals surface area contributed by atoms with Gasteiger partial charge in [-0.1, -0.05) is 12.1 Å². The summed E-state index contributed by atoms with van der Waals surface area (Å²) < 4.78 is 52.7. The average Bonchev–Trinajstić information content (AvgIpc) is 2.70. The number of carbonyl (C=O) groups excluding carboxylic acids is 1. The van der Waals surface area contributed by atoms with Crippen LogP contribution in [0.3, 0.4) is 0 Å². The first-order chi connectivity index (χ1) is 13.7. The Kier molecular flexibility index (Phi) is 5.89. The molecule has 8 nitrogen and oxygen atoms in total. The summed E-state index contributed by atoms with van der Waals surface area (Å²) in [7, 11) is -4.00. The predicted molar refractivity (Wildman–Crippen MR) is 98.5 cm³/mol. The Hall–Kier alpha value is -2.92. The number of nitro benzene ring substituents is 1. The maximum Gasteiger partial charge on any atom is 0.269 e. The zero-order valence-corrected chi connectivity index (χ0v) is 15.9. The van der Waals surface area contributed by atoms with Crippen molar-refractivity contribution in [2.75, 3.05) is 26.2 Å². The van der Waals surface area contributed by atoms with Crippen LogP contribution >= 0.6 is 0 Å². The average molecular weight is 425 g/mol. The zero-order chi connectivity index (χ0) is 21.2. The van der Waals surface area contributed by atoms with E-state index in [0.717, 1.165) is 16.4 Å². The van der Waals surface area contributed by atoms with E-state index >= 15 is 0 Å². The van der Waals surface area contributed by atoms with Gasteiger partial charge in [-0.2, -0.15) is 4.31 Å². The zero-order valence-electron chi connectivity index (χ0n) is 15.1.